The number of nitrogens with zero attached hydrogens (tertiary/aromatic N) is 2. The standard InChI is InChI=1S/C18H29N3O4/c1-5-15(22)19-13-8-11-20(12-9-13)16(23)14-7-6-10-21(14)17(24)25-18(2,3)4/h5,13-14H,1,6-12H2,2-4H3,(H,19,22)/t14-/m0/s1. The van der Waals surface area contributed by atoms with Gasteiger partial charge in [0.25, 0.3) is 0 Å². The molecule has 2 fully saturated rings. The highest BCUT2D eigenvalue weighted by Gasteiger charge is 2.39. The Balaban J connectivity index is 1.90. The van der Waals surface area contributed by atoms with Crippen LogP contribution in [0.25, 0.3) is 0 Å². The maximum Gasteiger partial charge on any atom is 0.410 e. The van der Waals surface area contributed by atoms with Crippen molar-refractivity contribution in [1.29, 1.82) is 0 Å². The van der Waals surface area contributed by atoms with Gasteiger partial charge in [-0.25, -0.2) is 4.79 Å². The predicted molar refractivity (Wildman–Crippen MR) is 93.9 cm³/mol. The summed E-state index contributed by atoms with van der Waals surface area (Å²) in [7, 11) is 0. The number of nitrogens with one attached hydrogen (secondary N) is 1. The van der Waals surface area contributed by atoms with Crippen LogP contribution in [0.5, 0.6) is 0 Å². The van der Waals surface area contributed by atoms with Crippen molar-refractivity contribution in [3.05, 3.63) is 12.7 Å². The van der Waals surface area contributed by atoms with Crippen molar-refractivity contribution in [3.63, 3.8) is 0 Å². The normalized spacial score (nSPS) is 21.8. The van der Waals surface area contributed by atoms with Crippen molar-refractivity contribution in [2.45, 2.75) is 64.1 Å². The van der Waals surface area contributed by atoms with Crippen molar-refractivity contribution in [3.8, 4) is 0 Å². The fourth-order valence-corrected chi connectivity index (χ4v) is 3.28. The Bertz CT molecular complexity index is 533. The smallest absolute Gasteiger partial charge is 0.410 e. The Kier molecular flexibility index (Phi) is 6.08. The van der Waals surface area contributed by atoms with E-state index in [1.807, 2.05) is 20.8 Å². The predicted octanol–water partition coefficient (Wildman–Crippen LogP) is 1.68. The van der Waals surface area contributed by atoms with Gasteiger partial charge in [0.2, 0.25) is 11.8 Å². The number of hydrogen-bond acceptors (Lipinski definition) is 4. The molecular formula is C18H29N3O4. The zero-order valence-corrected chi connectivity index (χ0v) is 15.4. The zero-order chi connectivity index (χ0) is 18.6. The number of likely N-dealkylation sites (tertiary alicyclic amines) is 2. The fourth-order valence-electron chi connectivity index (χ4n) is 3.28. The molecule has 2 aliphatic rings. The lowest BCUT2D eigenvalue weighted by atomic mass is 10.0. The highest BCUT2D eigenvalue weighted by molar-refractivity contribution is 5.87. The molecule has 0 bridgehead atoms. The molecule has 2 aliphatic heterocycles. The van der Waals surface area contributed by atoms with Crippen molar-refractivity contribution >= 4 is 17.9 Å². The van der Waals surface area contributed by atoms with Gasteiger partial charge in [-0.15, -0.1) is 0 Å². The molecule has 0 aromatic heterocycles. The summed E-state index contributed by atoms with van der Waals surface area (Å²) in [6.07, 6.45) is 3.74. The Morgan fingerprint density at radius 3 is 2.32 bits per heavy atom. The molecule has 7 heteroatoms. The third-order valence-electron chi connectivity index (χ3n) is 4.50. The average molecular weight is 351 g/mol. The Labute approximate surface area is 149 Å². The quantitative estimate of drug-likeness (QED) is 0.785. The first-order valence-electron chi connectivity index (χ1n) is 8.92. The van der Waals surface area contributed by atoms with Crippen molar-refractivity contribution in [2.24, 2.45) is 0 Å². The van der Waals surface area contributed by atoms with Gasteiger partial charge >= 0.3 is 6.09 Å². The lowest BCUT2D eigenvalue weighted by Gasteiger charge is -2.36. The molecule has 1 N–H and O–H groups in total. The molecule has 2 rings (SSSR count). The lowest BCUT2D eigenvalue weighted by molar-refractivity contribution is -0.137. The van der Waals surface area contributed by atoms with Crippen molar-refractivity contribution in [1.82, 2.24) is 15.1 Å². The van der Waals surface area contributed by atoms with E-state index in [0.29, 0.717) is 38.9 Å². The van der Waals surface area contributed by atoms with Crippen molar-refractivity contribution < 1.29 is 19.1 Å². The molecule has 3 amide bonds. The number of carbonyl (C=O) groups excluding carboxylic acids is 3. The van der Waals surface area contributed by atoms with E-state index in [1.54, 1.807) is 9.80 Å². The van der Waals surface area contributed by atoms with Gasteiger partial charge in [-0.3, -0.25) is 14.5 Å². The average Bonchev–Trinajstić information content (AvgIpc) is 3.03. The van der Waals surface area contributed by atoms with Gasteiger partial charge in [0.15, 0.2) is 0 Å². The van der Waals surface area contributed by atoms with Gasteiger partial charge in [0.1, 0.15) is 11.6 Å². The van der Waals surface area contributed by atoms with E-state index in [-0.39, 0.29) is 17.9 Å². The van der Waals surface area contributed by atoms with Crippen LogP contribution in [-0.2, 0) is 14.3 Å². The summed E-state index contributed by atoms with van der Waals surface area (Å²) in [6, 6.07) is -0.366. The largest absolute Gasteiger partial charge is 0.444 e. The molecule has 0 aliphatic carbocycles. The summed E-state index contributed by atoms with van der Waals surface area (Å²) in [5, 5.41) is 2.87. The second kappa shape index (κ2) is 7.89. The van der Waals surface area contributed by atoms with E-state index in [9.17, 15) is 14.4 Å². The molecule has 0 saturated carbocycles. The summed E-state index contributed by atoms with van der Waals surface area (Å²) in [4.78, 5) is 39.9. The summed E-state index contributed by atoms with van der Waals surface area (Å²) >= 11 is 0. The third-order valence-corrected chi connectivity index (χ3v) is 4.50. The highest BCUT2D eigenvalue weighted by atomic mass is 16.6. The van der Waals surface area contributed by atoms with Crippen LogP contribution in [0.2, 0.25) is 0 Å². The van der Waals surface area contributed by atoms with Gasteiger partial charge in [-0.2, -0.15) is 0 Å². The number of piperidine rings is 1. The van der Waals surface area contributed by atoms with Crippen LogP contribution in [0.3, 0.4) is 0 Å². The number of hydrogen-bond donors (Lipinski definition) is 1. The zero-order valence-electron chi connectivity index (χ0n) is 15.4. The molecule has 0 aromatic carbocycles. The summed E-state index contributed by atoms with van der Waals surface area (Å²) < 4.78 is 5.42. The minimum absolute atomic E-state index is 0.0168. The molecular weight excluding hydrogens is 322 g/mol. The van der Waals surface area contributed by atoms with Gasteiger partial charge in [-0.05, 0) is 52.5 Å². The van der Waals surface area contributed by atoms with E-state index in [0.717, 1.165) is 6.42 Å². The van der Waals surface area contributed by atoms with E-state index >= 15 is 0 Å². The van der Waals surface area contributed by atoms with Gasteiger partial charge < -0.3 is 15.0 Å². The molecule has 1 atom stereocenters. The number of amides is 3. The molecule has 7 nitrogen and oxygen atoms in total. The van der Waals surface area contributed by atoms with E-state index in [1.165, 1.54) is 6.08 Å². The first-order chi connectivity index (χ1) is 11.7. The number of carbonyl (C=O) groups is 3. The Hall–Kier alpha value is -2.05. The minimum Gasteiger partial charge on any atom is -0.444 e. The SMILES string of the molecule is C=CC(=O)NC1CCN(C(=O)[C@@H]2CCCN2C(=O)OC(C)(C)C)CC1. The van der Waals surface area contributed by atoms with E-state index in [2.05, 4.69) is 11.9 Å². The second-order valence-electron chi connectivity index (χ2n) is 7.64. The first kappa shape index (κ1) is 19.3. The first-order valence-corrected chi connectivity index (χ1v) is 8.92. The van der Waals surface area contributed by atoms with Crippen LogP contribution < -0.4 is 5.32 Å². The topological polar surface area (TPSA) is 79.0 Å². The maximum absolute atomic E-state index is 12.8. The summed E-state index contributed by atoms with van der Waals surface area (Å²) in [6.45, 7) is 10.6. The van der Waals surface area contributed by atoms with Crippen molar-refractivity contribution in [2.75, 3.05) is 19.6 Å². The monoisotopic (exact) mass is 351 g/mol. The second-order valence-corrected chi connectivity index (χ2v) is 7.64. The molecule has 2 heterocycles. The van der Waals surface area contributed by atoms with Crippen LogP contribution in [0.15, 0.2) is 12.7 Å². The van der Waals surface area contributed by atoms with Gasteiger partial charge in [0.05, 0.1) is 0 Å². The van der Waals surface area contributed by atoms with Crippen LogP contribution in [0, 0.1) is 0 Å². The number of rotatable bonds is 3. The molecule has 140 valence electrons. The Morgan fingerprint density at radius 2 is 1.76 bits per heavy atom. The number of ether oxygens (including phenoxy) is 1. The van der Waals surface area contributed by atoms with Crippen LogP contribution in [0.1, 0.15) is 46.5 Å². The molecule has 0 aromatic rings. The molecule has 0 unspecified atom stereocenters. The maximum atomic E-state index is 12.8. The van der Waals surface area contributed by atoms with E-state index < -0.39 is 17.7 Å². The fraction of sp³-hybridized carbons (Fsp3) is 0.722. The minimum atomic E-state index is -0.574. The van der Waals surface area contributed by atoms with Gasteiger partial charge in [0, 0.05) is 25.7 Å². The molecule has 0 radical (unpaired) electrons. The summed E-state index contributed by atoms with van der Waals surface area (Å²) in [5.41, 5.74) is -0.574. The third kappa shape index (κ3) is 5.21. The van der Waals surface area contributed by atoms with Crippen LogP contribution in [0.4, 0.5) is 4.79 Å². The van der Waals surface area contributed by atoms with Crippen LogP contribution in [-0.4, -0.2) is 65.0 Å². The highest BCUT2D eigenvalue weighted by Crippen LogP contribution is 2.24. The van der Waals surface area contributed by atoms with E-state index in [4.69, 9.17) is 4.74 Å². The lowest BCUT2D eigenvalue weighted by Crippen LogP contribution is -2.53. The molecule has 25 heavy (non-hydrogen) atoms. The molecule has 0 spiro atoms. The van der Waals surface area contributed by atoms with Gasteiger partial charge in [-0.1, -0.05) is 6.58 Å². The van der Waals surface area contributed by atoms with Crippen LogP contribution >= 0.6 is 0 Å². The molecule has 2 saturated heterocycles. The summed E-state index contributed by atoms with van der Waals surface area (Å²) in [5.74, 6) is -0.200. The Morgan fingerprint density at radius 1 is 1.12 bits per heavy atom.